The first-order valence-electron chi connectivity index (χ1n) is 5.82. The van der Waals surface area contributed by atoms with Crippen LogP contribution in [0.4, 0.5) is 4.39 Å². The fourth-order valence-corrected chi connectivity index (χ4v) is 2.03. The van der Waals surface area contributed by atoms with E-state index in [4.69, 9.17) is 9.47 Å². The summed E-state index contributed by atoms with van der Waals surface area (Å²) < 4.78 is 24.1. The molecule has 0 aliphatic rings. The van der Waals surface area contributed by atoms with E-state index < -0.39 is 0 Å². The summed E-state index contributed by atoms with van der Waals surface area (Å²) in [5.74, 6) is 1.01. The lowest BCUT2D eigenvalue weighted by molar-refractivity contribution is 0.303. The van der Waals surface area contributed by atoms with Crippen LogP contribution in [0.25, 0.3) is 0 Å². The third-order valence-electron chi connectivity index (χ3n) is 2.63. The lowest BCUT2D eigenvalue weighted by atomic mass is 10.2. The first-order valence-corrected chi connectivity index (χ1v) is 6.94. The average Bonchev–Trinajstić information content (AvgIpc) is 2.44. The van der Waals surface area contributed by atoms with E-state index in [-0.39, 0.29) is 5.82 Å². The maximum atomic E-state index is 13.3. The van der Waals surface area contributed by atoms with Crippen LogP contribution in [0.5, 0.6) is 11.5 Å². The van der Waals surface area contributed by atoms with Gasteiger partial charge in [-0.3, -0.25) is 0 Å². The minimum atomic E-state index is -0.294. The fourth-order valence-electron chi connectivity index (χ4n) is 1.71. The maximum Gasteiger partial charge on any atom is 0.127 e. The molecule has 0 aromatic heterocycles. The Morgan fingerprint density at radius 2 is 1.84 bits per heavy atom. The molecule has 0 heterocycles. The second-order valence-corrected chi connectivity index (χ2v) is 4.63. The second-order valence-electron chi connectivity index (χ2n) is 4.07. The molecule has 0 saturated heterocycles. The van der Waals surface area contributed by atoms with Crippen LogP contribution in [-0.4, -0.2) is 7.11 Å². The predicted molar refractivity (Wildman–Crippen MR) is 76.4 cm³/mol. The van der Waals surface area contributed by atoms with Crippen molar-refractivity contribution in [2.75, 3.05) is 7.11 Å². The number of rotatable bonds is 5. The lowest BCUT2D eigenvalue weighted by Gasteiger charge is -2.09. The van der Waals surface area contributed by atoms with Gasteiger partial charge >= 0.3 is 0 Å². The molecule has 0 atom stereocenters. The number of benzene rings is 2. The molecule has 0 saturated carbocycles. The average molecular weight is 325 g/mol. The van der Waals surface area contributed by atoms with Gasteiger partial charge in [0.15, 0.2) is 0 Å². The molecule has 19 heavy (non-hydrogen) atoms. The highest BCUT2D eigenvalue weighted by Gasteiger charge is 2.02. The maximum absolute atomic E-state index is 13.3. The minimum absolute atomic E-state index is 0.294. The van der Waals surface area contributed by atoms with Gasteiger partial charge in [-0.1, -0.05) is 28.1 Å². The Morgan fingerprint density at radius 3 is 2.58 bits per heavy atom. The zero-order chi connectivity index (χ0) is 13.7. The SMILES string of the molecule is COc1cccc(COc2cc(F)cc(CBr)c2)c1. The van der Waals surface area contributed by atoms with Gasteiger partial charge in [0, 0.05) is 11.4 Å². The van der Waals surface area contributed by atoms with Crippen molar-refractivity contribution >= 4 is 15.9 Å². The molecule has 0 radical (unpaired) electrons. The zero-order valence-corrected chi connectivity index (χ0v) is 12.1. The quantitative estimate of drug-likeness (QED) is 0.763. The largest absolute Gasteiger partial charge is 0.497 e. The summed E-state index contributed by atoms with van der Waals surface area (Å²) in [6.45, 7) is 0.377. The highest BCUT2D eigenvalue weighted by Crippen LogP contribution is 2.20. The number of halogens is 2. The van der Waals surface area contributed by atoms with Crippen LogP contribution < -0.4 is 9.47 Å². The van der Waals surface area contributed by atoms with Crippen LogP contribution in [0.1, 0.15) is 11.1 Å². The van der Waals surface area contributed by atoms with Gasteiger partial charge in [-0.25, -0.2) is 4.39 Å². The fraction of sp³-hybridized carbons (Fsp3) is 0.200. The highest BCUT2D eigenvalue weighted by atomic mass is 79.9. The van der Waals surface area contributed by atoms with Gasteiger partial charge < -0.3 is 9.47 Å². The van der Waals surface area contributed by atoms with Crippen molar-refractivity contribution in [2.24, 2.45) is 0 Å². The molecule has 0 aliphatic carbocycles. The van der Waals surface area contributed by atoms with Gasteiger partial charge in [0.25, 0.3) is 0 Å². The predicted octanol–water partition coefficient (Wildman–Crippen LogP) is 4.31. The smallest absolute Gasteiger partial charge is 0.127 e. The van der Waals surface area contributed by atoms with E-state index in [1.54, 1.807) is 7.11 Å². The van der Waals surface area contributed by atoms with Gasteiger partial charge in [0.05, 0.1) is 7.11 Å². The normalized spacial score (nSPS) is 10.3. The first-order chi connectivity index (χ1) is 9.21. The minimum Gasteiger partial charge on any atom is -0.497 e. The molecule has 0 spiro atoms. The third kappa shape index (κ3) is 3.96. The molecule has 2 aromatic rings. The van der Waals surface area contributed by atoms with E-state index in [1.807, 2.05) is 30.3 Å². The van der Waals surface area contributed by atoms with Crippen LogP contribution in [0.3, 0.4) is 0 Å². The van der Waals surface area contributed by atoms with Crippen molar-refractivity contribution in [3.8, 4) is 11.5 Å². The Balaban J connectivity index is 2.07. The van der Waals surface area contributed by atoms with Crippen molar-refractivity contribution in [1.82, 2.24) is 0 Å². The van der Waals surface area contributed by atoms with E-state index in [0.717, 1.165) is 16.9 Å². The molecule has 2 aromatic carbocycles. The van der Waals surface area contributed by atoms with Gasteiger partial charge in [-0.05, 0) is 35.4 Å². The van der Waals surface area contributed by atoms with E-state index in [2.05, 4.69) is 15.9 Å². The topological polar surface area (TPSA) is 18.5 Å². The molecule has 0 amide bonds. The van der Waals surface area contributed by atoms with Gasteiger partial charge in [-0.2, -0.15) is 0 Å². The number of hydrogen-bond donors (Lipinski definition) is 0. The van der Waals surface area contributed by atoms with Crippen LogP contribution in [-0.2, 0) is 11.9 Å². The Hall–Kier alpha value is -1.55. The first kappa shape index (κ1) is 13.9. The van der Waals surface area contributed by atoms with Crippen LogP contribution >= 0.6 is 15.9 Å². The molecule has 2 rings (SSSR count). The number of methoxy groups -OCH3 is 1. The summed E-state index contributed by atoms with van der Waals surface area (Å²) >= 11 is 3.30. The van der Waals surface area contributed by atoms with Crippen molar-refractivity contribution in [3.63, 3.8) is 0 Å². The second kappa shape index (κ2) is 6.57. The molecule has 4 heteroatoms. The molecular weight excluding hydrogens is 311 g/mol. The van der Waals surface area contributed by atoms with Crippen LogP contribution in [0.2, 0.25) is 0 Å². The number of alkyl halides is 1. The van der Waals surface area contributed by atoms with Crippen molar-refractivity contribution in [1.29, 1.82) is 0 Å². The lowest BCUT2D eigenvalue weighted by Crippen LogP contribution is -1.97. The summed E-state index contributed by atoms with van der Waals surface area (Å²) in [5.41, 5.74) is 1.82. The Kier molecular flexibility index (Phi) is 4.80. The van der Waals surface area contributed by atoms with Gasteiger partial charge in [0.1, 0.15) is 23.9 Å². The standard InChI is InChI=1S/C15H14BrFO2/c1-18-14-4-2-3-11(6-14)10-19-15-7-12(9-16)5-13(17)8-15/h2-8H,9-10H2,1H3. The highest BCUT2D eigenvalue weighted by molar-refractivity contribution is 9.08. The van der Waals surface area contributed by atoms with E-state index in [1.165, 1.54) is 12.1 Å². The number of hydrogen-bond acceptors (Lipinski definition) is 2. The summed E-state index contributed by atoms with van der Waals surface area (Å²) in [5, 5.41) is 0.597. The molecule has 100 valence electrons. The van der Waals surface area contributed by atoms with E-state index >= 15 is 0 Å². The molecule has 0 bridgehead atoms. The van der Waals surface area contributed by atoms with Crippen molar-refractivity contribution < 1.29 is 13.9 Å². The van der Waals surface area contributed by atoms with Crippen LogP contribution in [0.15, 0.2) is 42.5 Å². The molecule has 2 nitrogen and oxygen atoms in total. The Labute approximate surface area is 120 Å². The summed E-state index contributed by atoms with van der Waals surface area (Å²) in [6, 6.07) is 12.3. The molecule has 0 N–H and O–H groups in total. The summed E-state index contributed by atoms with van der Waals surface area (Å²) in [6.07, 6.45) is 0. The molecular formula is C15H14BrFO2. The zero-order valence-electron chi connectivity index (χ0n) is 10.5. The Bertz CT molecular complexity index is 558. The Morgan fingerprint density at radius 1 is 1.05 bits per heavy atom. The van der Waals surface area contributed by atoms with E-state index in [0.29, 0.717) is 17.7 Å². The molecule has 0 aliphatic heterocycles. The molecule has 0 fully saturated rings. The van der Waals surface area contributed by atoms with Crippen LogP contribution in [0, 0.1) is 5.82 Å². The van der Waals surface area contributed by atoms with Gasteiger partial charge in [0.2, 0.25) is 0 Å². The summed E-state index contributed by atoms with van der Waals surface area (Å²) in [4.78, 5) is 0. The summed E-state index contributed by atoms with van der Waals surface area (Å²) in [7, 11) is 1.62. The van der Waals surface area contributed by atoms with Crippen molar-refractivity contribution in [3.05, 3.63) is 59.4 Å². The number of ether oxygens (including phenoxy) is 2. The van der Waals surface area contributed by atoms with Crippen molar-refractivity contribution in [2.45, 2.75) is 11.9 Å². The molecule has 0 unspecified atom stereocenters. The monoisotopic (exact) mass is 324 g/mol. The van der Waals surface area contributed by atoms with E-state index in [9.17, 15) is 4.39 Å². The third-order valence-corrected chi connectivity index (χ3v) is 3.27. The van der Waals surface area contributed by atoms with Gasteiger partial charge in [-0.15, -0.1) is 0 Å².